The van der Waals surface area contributed by atoms with Gasteiger partial charge >= 0.3 is 0 Å². The first kappa shape index (κ1) is 11.0. The molecule has 2 aliphatic rings. The van der Waals surface area contributed by atoms with Gasteiger partial charge in [0.2, 0.25) is 0 Å². The van der Waals surface area contributed by atoms with E-state index in [1.165, 1.54) is 25.0 Å². The van der Waals surface area contributed by atoms with E-state index in [-0.39, 0.29) is 0 Å². The zero-order valence-electron chi connectivity index (χ0n) is 9.63. The second-order valence-electron chi connectivity index (χ2n) is 4.91. The van der Waals surface area contributed by atoms with Crippen LogP contribution in [0.25, 0.3) is 0 Å². The van der Waals surface area contributed by atoms with Gasteiger partial charge in [0.15, 0.2) is 0 Å². The molecule has 2 nitrogen and oxygen atoms in total. The van der Waals surface area contributed by atoms with Crippen LogP contribution in [-0.2, 0) is 0 Å². The van der Waals surface area contributed by atoms with Gasteiger partial charge < -0.3 is 5.32 Å². The van der Waals surface area contributed by atoms with Gasteiger partial charge in [0.1, 0.15) is 11.6 Å². The van der Waals surface area contributed by atoms with Crippen LogP contribution < -0.4 is 5.32 Å². The Labute approximate surface area is 99.6 Å². The minimum Gasteiger partial charge on any atom is -0.378 e. The van der Waals surface area contributed by atoms with Crippen LogP contribution in [0.5, 0.6) is 0 Å². The Bertz CT molecular complexity index is 422. The summed E-state index contributed by atoms with van der Waals surface area (Å²) in [5, 5.41) is 3.22. The molecule has 2 fully saturated rings. The molecule has 4 heteroatoms. The van der Waals surface area contributed by atoms with Crippen molar-refractivity contribution in [2.75, 3.05) is 18.4 Å². The third-order valence-electron chi connectivity index (χ3n) is 3.88. The lowest BCUT2D eigenvalue weighted by Crippen LogP contribution is -2.33. The van der Waals surface area contributed by atoms with E-state index < -0.39 is 11.6 Å². The molecule has 92 valence electrons. The maximum Gasteiger partial charge on any atom is 0.149 e. The fraction of sp³-hybridized carbons (Fsp3) is 0.538. The number of nitrogens with zero attached hydrogens (tertiary/aromatic N) is 1. The summed E-state index contributed by atoms with van der Waals surface area (Å²) in [5.74, 6) is -1.02. The van der Waals surface area contributed by atoms with Crippen LogP contribution in [0.3, 0.4) is 0 Å². The molecule has 0 bridgehead atoms. The Morgan fingerprint density at radius 2 is 2.06 bits per heavy atom. The van der Waals surface area contributed by atoms with Gasteiger partial charge in [-0.25, -0.2) is 8.78 Å². The Morgan fingerprint density at radius 3 is 2.88 bits per heavy atom. The van der Waals surface area contributed by atoms with E-state index in [9.17, 15) is 8.78 Å². The van der Waals surface area contributed by atoms with Crippen LogP contribution in [0, 0.1) is 11.6 Å². The quantitative estimate of drug-likeness (QED) is 0.852. The SMILES string of the molecule is Fc1ccc(NC2CCN3CCCC23)c(F)c1. The van der Waals surface area contributed by atoms with Crippen molar-refractivity contribution in [2.45, 2.75) is 31.3 Å². The normalized spacial score (nSPS) is 28.4. The van der Waals surface area contributed by atoms with Gasteiger partial charge in [0.05, 0.1) is 5.69 Å². The van der Waals surface area contributed by atoms with Gasteiger partial charge in [-0.05, 0) is 37.9 Å². The Hall–Kier alpha value is -1.16. The molecular formula is C13H16F2N2. The summed E-state index contributed by atoms with van der Waals surface area (Å²) in [6, 6.07) is 4.55. The molecule has 0 spiro atoms. The van der Waals surface area contributed by atoms with Gasteiger partial charge in [-0.3, -0.25) is 4.90 Å². The second kappa shape index (κ2) is 4.26. The molecule has 17 heavy (non-hydrogen) atoms. The molecule has 1 aromatic carbocycles. The first-order valence-electron chi connectivity index (χ1n) is 6.20. The summed E-state index contributed by atoms with van der Waals surface area (Å²) >= 11 is 0. The van der Waals surface area contributed by atoms with E-state index in [4.69, 9.17) is 0 Å². The average Bonchev–Trinajstić information content (AvgIpc) is 2.86. The van der Waals surface area contributed by atoms with Gasteiger partial charge in [0.25, 0.3) is 0 Å². The van der Waals surface area contributed by atoms with E-state index in [0.29, 0.717) is 17.8 Å². The molecule has 0 radical (unpaired) electrons. The van der Waals surface area contributed by atoms with Crippen LogP contribution >= 0.6 is 0 Å². The van der Waals surface area contributed by atoms with Crippen molar-refractivity contribution >= 4 is 5.69 Å². The molecule has 0 aromatic heterocycles. The zero-order chi connectivity index (χ0) is 11.8. The first-order chi connectivity index (χ1) is 8.24. The maximum absolute atomic E-state index is 13.5. The molecule has 2 heterocycles. The second-order valence-corrected chi connectivity index (χ2v) is 4.91. The van der Waals surface area contributed by atoms with E-state index in [1.54, 1.807) is 0 Å². The number of hydrogen-bond donors (Lipinski definition) is 1. The number of nitrogens with one attached hydrogen (secondary N) is 1. The lowest BCUT2D eigenvalue weighted by atomic mass is 10.1. The number of rotatable bonds is 2. The summed E-state index contributed by atoms with van der Waals surface area (Å²) in [7, 11) is 0. The van der Waals surface area contributed by atoms with Crippen LogP contribution in [0.2, 0.25) is 0 Å². The number of fused-ring (bicyclic) bond motifs is 1. The van der Waals surface area contributed by atoms with Crippen molar-refractivity contribution in [3.63, 3.8) is 0 Å². The number of benzene rings is 1. The Kier molecular flexibility index (Phi) is 2.74. The van der Waals surface area contributed by atoms with Crippen molar-refractivity contribution in [3.8, 4) is 0 Å². The van der Waals surface area contributed by atoms with Gasteiger partial charge in [-0.15, -0.1) is 0 Å². The standard InChI is InChI=1S/C13H16F2N2/c14-9-3-4-11(10(15)8-9)16-12-5-7-17-6-1-2-13(12)17/h3-4,8,12-13,16H,1-2,5-7H2. The van der Waals surface area contributed by atoms with Crippen LogP contribution in [0.15, 0.2) is 18.2 Å². The van der Waals surface area contributed by atoms with Gasteiger partial charge in [-0.1, -0.05) is 0 Å². The molecular weight excluding hydrogens is 222 g/mol. The largest absolute Gasteiger partial charge is 0.378 e. The van der Waals surface area contributed by atoms with Crippen LogP contribution in [0.4, 0.5) is 14.5 Å². The van der Waals surface area contributed by atoms with E-state index in [1.807, 2.05) is 0 Å². The summed E-state index contributed by atoms with van der Waals surface area (Å²) < 4.78 is 26.3. The number of halogens is 2. The molecule has 2 atom stereocenters. The Balaban J connectivity index is 1.74. The average molecular weight is 238 g/mol. The molecule has 2 saturated heterocycles. The third kappa shape index (κ3) is 2.02. The highest BCUT2D eigenvalue weighted by Crippen LogP contribution is 2.30. The van der Waals surface area contributed by atoms with E-state index in [2.05, 4.69) is 10.2 Å². The van der Waals surface area contributed by atoms with Crippen molar-refractivity contribution in [3.05, 3.63) is 29.8 Å². The lowest BCUT2D eigenvalue weighted by Gasteiger charge is -2.22. The zero-order valence-corrected chi connectivity index (χ0v) is 9.63. The molecule has 0 aliphatic carbocycles. The highest BCUT2D eigenvalue weighted by molar-refractivity contribution is 5.46. The monoisotopic (exact) mass is 238 g/mol. The lowest BCUT2D eigenvalue weighted by molar-refractivity contribution is 0.318. The first-order valence-corrected chi connectivity index (χ1v) is 6.20. The molecule has 1 N–H and O–H groups in total. The summed E-state index contributed by atoms with van der Waals surface area (Å²) in [4.78, 5) is 2.46. The molecule has 2 aliphatic heterocycles. The molecule has 0 saturated carbocycles. The highest BCUT2D eigenvalue weighted by atomic mass is 19.1. The van der Waals surface area contributed by atoms with Crippen molar-refractivity contribution < 1.29 is 8.78 Å². The van der Waals surface area contributed by atoms with E-state index in [0.717, 1.165) is 25.6 Å². The summed E-state index contributed by atoms with van der Waals surface area (Å²) in [6.45, 7) is 2.25. The predicted octanol–water partition coefficient (Wildman–Crippen LogP) is 2.61. The predicted molar refractivity (Wildman–Crippen MR) is 63.0 cm³/mol. The highest BCUT2D eigenvalue weighted by Gasteiger charge is 2.37. The molecule has 3 rings (SSSR count). The van der Waals surface area contributed by atoms with Crippen molar-refractivity contribution in [1.29, 1.82) is 0 Å². The minimum absolute atomic E-state index is 0.303. The smallest absolute Gasteiger partial charge is 0.149 e. The van der Waals surface area contributed by atoms with Gasteiger partial charge in [-0.2, -0.15) is 0 Å². The maximum atomic E-state index is 13.5. The Morgan fingerprint density at radius 1 is 1.18 bits per heavy atom. The number of anilines is 1. The molecule has 2 unspecified atom stereocenters. The fourth-order valence-corrected chi connectivity index (χ4v) is 3.06. The number of hydrogen-bond acceptors (Lipinski definition) is 2. The summed E-state index contributed by atoms with van der Waals surface area (Å²) in [5.41, 5.74) is 0.421. The third-order valence-corrected chi connectivity index (χ3v) is 3.88. The van der Waals surface area contributed by atoms with Crippen molar-refractivity contribution in [2.24, 2.45) is 0 Å². The molecule has 1 aromatic rings. The van der Waals surface area contributed by atoms with Gasteiger partial charge in [0, 0.05) is 24.7 Å². The topological polar surface area (TPSA) is 15.3 Å². The molecule has 0 amide bonds. The van der Waals surface area contributed by atoms with Crippen molar-refractivity contribution in [1.82, 2.24) is 4.90 Å². The van der Waals surface area contributed by atoms with E-state index >= 15 is 0 Å². The summed E-state index contributed by atoms with van der Waals surface area (Å²) in [6.07, 6.45) is 3.46. The minimum atomic E-state index is -0.526. The van der Waals surface area contributed by atoms with Crippen LogP contribution in [0.1, 0.15) is 19.3 Å². The van der Waals surface area contributed by atoms with Crippen LogP contribution in [-0.4, -0.2) is 30.1 Å². The fourth-order valence-electron chi connectivity index (χ4n) is 3.06.